The lowest BCUT2D eigenvalue weighted by atomic mass is 9.83. The third-order valence-electron chi connectivity index (χ3n) is 4.09. The van der Waals surface area contributed by atoms with Gasteiger partial charge in [0.15, 0.2) is 0 Å². The van der Waals surface area contributed by atoms with Gasteiger partial charge in [0.2, 0.25) is 0 Å². The Morgan fingerprint density at radius 3 is 2.50 bits per heavy atom. The minimum atomic E-state index is -0.162. The number of nitrogens with one attached hydrogen (secondary N) is 1. The fourth-order valence-corrected chi connectivity index (χ4v) is 2.73. The van der Waals surface area contributed by atoms with Gasteiger partial charge in [0.1, 0.15) is 0 Å². The summed E-state index contributed by atoms with van der Waals surface area (Å²) in [5.41, 5.74) is 1.46. The first-order chi connectivity index (χ1) is 8.59. The molecule has 0 saturated heterocycles. The molecule has 100 valence electrons. The highest BCUT2D eigenvalue weighted by molar-refractivity contribution is 5.23. The molecule has 18 heavy (non-hydrogen) atoms. The minimum Gasteiger partial charge on any atom is -0.392 e. The van der Waals surface area contributed by atoms with E-state index in [9.17, 15) is 5.11 Å². The third kappa shape index (κ3) is 3.33. The van der Waals surface area contributed by atoms with Gasteiger partial charge >= 0.3 is 0 Å². The maximum Gasteiger partial charge on any atom is 0.0693 e. The van der Waals surface area contributed by atoms with E-state index in [1.165, 1.54) is 18.4 Å². The smallest absolute Gasteiger partial charge is 0.0693 e. The Balaban J connectivity index is 1.92. The van der Waals surface area contributed by atoms with Gasteiger partial charge in [0.05, 0.1) is 6.10 Å². The molecule has 0 unspecified atom stereocenters. The molecular weight excluding hydrogens is 222 g/mol. The maximum absolute atomic E-state index is 9.97. The zero-order valence-electron chi connectivity index (χ0n) is 11.5. The molecular formula is C16H25NO. The largest absolute Gasteiger partial charge is 0.392 e. The first kappa shape index (κ1) is 13.6. The molecule has 0 aromatic heterocycles. The van der Waals surface area contributed by atoms with Crippen LogP contribution in [0.4, 0.5) is 0 Å². The SMILES string of the molecule is CC(C)(CN[C@@H]1CCCC[C@H]1O)c1ccccc1. The Bertz CT molecular complexity index is 361. The Morgan fingerprint density at radius 1 is 1.17 bits per heavy atom. The lowest BCUT2D eigenvalue weighted by Crippen LogP contribution is -2.46. The van der Waals surface area contributed by atoms with Crippen molar-refractivity contribution >= 4 is 0 Å². The lowest BCUT2D eigenvalue weighted by molar-refractivity contribution is 0.0885. The number of hydrogen-bond donors (Lipinski definition) is 2. The molecule has 2 rings (SSSR count). The summed E-state index contributed by atoms with van der Waals surface area (Å²) in [4.78, 5) is 0. The molecule has 1 aromatic rings. The van der Waals surface area contributed by atoms with Gasteiger partial charge in [0, 0.05) is 18.0 Å². The van der Waals surface area contributed by atoms with Gasteiger partial charge in [-0.15, -0.1) is 0 Å². The second-order valence-corrected chi connectivity index (χ2v) is 6.09. The fraction of sp³-hybridized carbons (Fsp3) is 0.625. The van der Waals surface area contributed by atoms with Crippen LogP contribution in [0.3, 0.4) is 0 Å². The van der Waals surface area contributed by atoms with Gasteiger partial charge in [-0.3, -0.25) is 0 Å². The van der Waals surface area contributed by atoms with Crippen LogP contribution in [0.15, 0.2) is 30.3 Å². The predicted molar refractivity (Wildman–Crippen MR) is 75.7 cm³/mol. The lowest BCUT2D eigenvalue weighted by Gasteiger charge is -2.33. The van der Waals surface area contributed by atoms with Gasteiger partial charge < -0.3 is 10.4 Å². The predicted octanol–water partition coefficient (Wildman–Crippen LogP) is 2.86. The zero-order chi connectivity index (χ0) is 13.0. The molecule has 2 atom stereocenters. The van der Waals surface area contributed by atoms with Crippen LogP contribution < -0.4 is 5.32 Å². The molecule has 2 N–H and O–H groups in total. The minimum absolute atomic E-state index is 0.110. The van der Waals surface area contributed by atoms with Gasteiger partial charge in [-0.05, 0) is 18.4 Å². The van der Waals surface area contributed by atoms with Gasteiger partial charge in [-0.1, -0.05) is 57.0 Å². The molecule has 0 radical (unpaired) electrons. The van der Waals surface area contributed by atoms with E-state index in [0.29, 0.717) is 0 Å². The van der Waals surface area contributed by atoms with Crippen molar-refractivity contribution in [2.24, 2.45) is 0 Å². The molecule has 0 spiro atoms. The van der Waals surface area contributed by atoms with E-state index in [1.54, 1.807) is 0 Å². The first-order valence-electron chi connectivity index (χ1n) is 7.06. The van der Waals surface area contributed by atoms with Crippen LogP contribution in [0.25, 0.3) is 0 Å². The Kier molecular flexibility index (Phi) is 4.41. The average Bonchev–Trinajstić information content (AvgIpc) is 2.39. The Hall–Kier alpha value is -0.860. The monoisotopic (exact) mass is 247 g/mol. The van der Waals surface area contributed by atoms with E-state index in [1.807, 2.05) is 0 Å². The van der Waals surface area contributed by atoms with Gasteiger partial charge in [-0.2, -0.15) is 0 Å². The molecule has 0 amide bonds. The number of rotatable bonds is 4. The molecule has 1 aromatic carbocycles. The fourth-order valence-electron chi connectivity index (χ4n) is 2.73. The van der Waals surface area contributed by atoms with Gasteiger partial charge in [0.25, 0.3) is 0 Å². The van der Waals surface area contributed by atoms with Crippen LogP contribution in [0.2, 0.25) is 0 Å². The highest BCUT2D eigenvalue weighted by Crippen LogP contribution is 2.24. The molecule has 1 saturated carbocycles. The van der Waals surface area contributed by atoms with Crippen LogP contribution in [-0.2, 0) is 5.41 Å². The van der Waals surface area contributed by atoms with E-state index < -0.39 is 0 Å². The molecule has 1 fully saturated rings. The number of aliphatic hydroxyl groups excluding tert-OH is 1. The quantitative estimate of drug-likeness (QED) is 0.857. The first-order valence-corrected chi connectivity index (χ1v) is 7.06. The molecule has 0 heterocycles. The molecule has 2 heteroatoms. The molecule has 1 aliphatic rings. The van der Waals surface area contributed by atoms with Crippen molar-refractivity contribution in [1.29, 1.82) is 0 Å². The zero-order valence-corrected chi connectivity index (χ0v) is 11.5. The summed E-state index contributed by atoms with van der Waals surface area (Å²) in [5.74, 6) is 0. The number of benzene rings is 1. The van der Waals surface area contributed by atoms with E-state index in [-0.39, 0.29) is 17.6 Å². The Labute approximate surface area is 110 Å². The van der Waals surface area contributed by atoms with E-state index in [0.717, 1.165) is 19.4 Å². The number of aliphatic hydroxyl groups is 1. The van der Waals surface area contributed by atoms with Crippen molar-refractivity contribution in [3.05, 3.63) is 35.9 Å². The normalized spacial score (nSPS) is 25.1. The molecule has 1 aliphatic carbocycles. The second-order valence-electron chi connectivity index (χ2n) is 6.09. The summed E-state index contributed by atoms with van der Waals surface area (Å²) in [6, 6.07) is 10.9. The molecule has 2 nitrogen and oxygen atoms in total. The van der Waals surface area contributed by atoms with Crippen molar-refractivity contribution < 1.29 is 5.11 Å². The second kappa shape index (κ2) is 5.85. The van der Waals surface area contributed by atoms with Crippen LogP contribution in [0, 0.1) is 0 Å². The van der Waals surface area contributed by atoms with Crippen LogP contribution in [0.5, 0.6) is 0 Å². The Morgan fingerprint density at radius 2 is 1.83 bits per heavy atom. The summed E-state index contributed by atoms with van der Waals surface area (Å²) in [7, 11) is 0. The maximum atomic E-state index is 9.97. The summed E-state index contributed by atoms with van der Waals surface area (Å²) < 4.78 is 0. The standard InChI is InChI=1S/C16H25NO/c1-16(2,13-8-4-3-5-9-13)12-17-14-10-6-7-11-15(14)18/h3-5,8-9,14-15,17-18H,6-7,10-12H2,1-2H3/t14-,15-/m1/s1. The highest BCUT2D eigenvalue weighted by Gasteiger charge is 2.26. The average molecular weight is 247 g/mol. The molecule has 0 aliphatic heterocycles. The third-order valence-corrected chi connectivity index (χ3v) is 4.09. The summed E-state index contributed by atoms with van der Waals surface area (Å²) in [6.07, 6.45) is 4.29. The van der Waals surface area contributed by atoms with Crippen molar-refractivity contribution in [2.75, 3.05) is 6.54 Å². The van der Waals surface area contributed by atoms with Crippen molar-refractivity contribution in [2.45, 2.75) is 57.1 Å². The van der Waals surface area contributed by atoms with Crippen LogP contribution >= 0.6 is 0 Å². The summed E-state index contributed by atoms with van der Waals surface area (Å²) >= 11 is 0. The number of hydrogen-bond acceptors (Lipinski definition) is 2. The topological polar surface area (TPSA) is 32.3 Å². The highest BCUT2D eigenvalue weighted by atomic mass is 16.3. The molecule has 0 bridgehead atoms. The van der Waals surface area contributed by atoms with Gasteiger partial charge in [-0.25, -0.2) is 0 Å². The van der Waals surface area contributed by atoms with Crippen molar-refractivity contribution in [1.82, 2.24) is 5.32 Å². The van der Waals surface area contributed by atoms with Crippen LogP contribution in [-0.4, -0.2) is 23.8 Å². The van der Waals surface area contributed by atoms with E-state index in [2.05, 4.69) is 49.5 Å². The van der Waals surface area contributed by atoms with Crippen LogP contribution in [0.1, 0.15) is 45.1 Å². The summed E-state index contributed by atoms with van der Waals surface area (Å²) in [6.45, 7) is 5.42. The van der Waals surface area contributed by atoms with Crippen molar-refractivity contribution in [3.8, 4) is 0 Å². The van der Waals surface area contributed by atoms with E-state index in [4.69, 9.17) is 0 Å². The van der Waals surface area contributed by atoms with E-state index >= 15 is 0 Å². The summed E-state index contributed by atoms with van der Waals surface area (Å²) in [5, 5.41) is 13.5. The van der Waals surface area contributed by atoms with Crippen molar-refractivity contribution in [3.63, 3.8) is 0 Å².